The van der Waals surface area contributed by atoms with Crippen LogP contribution in [-0.2, 0) is 17.9 Å². The van der Waals surface area contributed by atoms with Gasteiger partial charge < -0.3 is 14.8 Å². The molecule has 1 heterocycles. The molecule has 1 aromatic heterocycles. The minimum atomic E-state index is -0.0269. The van der Waals surface area contributed by atoms with Crippen molar-refractivity contribution < 1.29 is 14.3 Å². The van der Waals surface area contributed by atoms with E-state index in [0.29, 0.717) is 25.4 Å². The average Bonchev–Trinajstić information content (AvgIpc) is 3.26. The van der Waals surface area contributed by atoms with Crippen LogP contribution in [-0.4, -0.2) is 31.0 Å². The number of hydrogen-bond acceptors (Lipinski definition) is 5. The first-order valence-electron chi connectivity index (χ1n) is 9.57. The highest BCUT2D eigenvalue weighted by Gasteiger charge is 2.12. The number of thiophene rings is 1. The Hall–Kier alpha value is -2.83. The van der Waals surface area contributed by atoms with Gasteiger partial charge in [0.25, 0.3) is 0 Å². The number of carbonyl (C=O) groups excluding carboxylic acids is 1. The highest BCUT2D eigenvalue weighted by molar-refractivity contribution is 7.09. The number of hydrogen-bond donors (Lipinski definition) is 1. The smallest absolute Gasteiger partial charge is 0.238 e. The van der Waals surface area contributed by atoms with Crippen molar-refractivity contribution >= 4 is 22.9 Å². The van der Waals surface area contributed by atoms with Gasteiger partial charge in [-0.25, -0.2) is 0 Å². The molecule has 3 rings (SSSR count). The van der Waals surface area contributed by atoms with Gasteiger partial charge in [0.15, 0.2) is 11.5 Å². The summed E-state index contributed by atoms with van der Waals surface area (Å²) in [5.41, 5.74) is 1.88. The summed E-state index contributed by atoms with van der Waals surface area (Å²) in [6.07, 6.45) is 0. The first-order chi connectivity index (χ1) is 14.2. The number of benzene rings is 2. The van der Waals surface area contributed by atoms with Gasteiger partial charge in [0.05, 0.1) is 13.7 Å². The first-order valence-corrected chi connectivity index (χ1v) is 10.4. The summed E-state index contributed by atoms with van der Waals surface area (Å²) < 4.78 is 11.4. The third-order valence-corrected chi connectivity index (χ3v) is 5.31. The molecular formula is C23H26N2O3S. The number of likely N-dealkylation sites (N-methyl/N-ethyl adjacent to an activating group) is 1. The Morgan fingerprint density at radius 1 is 1.07 bits per heavy atom. The molecule has 6 heteroatoms. The van der Waals surface area contributed by atoms with Gasteiger partial charge in [-0.15, -0.1) is 11.3 Å². The molecule has 0 aliphatic carbocycles. The number of nitrogens with zero attached hydrogens (tertiary/aromatic N) is 1. The van der Waals surface area contributed by atoms with Crippen LogP contribution in [0.1, 0.15) is 17.4 Å². The number of anilines is 1. The fraction of sp³-hybridized carbons (Fsp3) is 0.261. The number of rotatable bonds is 10. The van der Waals surface area contributed by atoms with Gasteiger partial charge in [-0.3, -0.25) is 9.69 Å². The number of methoxy groups -OCH3 is 1. The molecule has 0 fully saturated rings. The van der Waals surface area contributed by atoms with E-state index >= 15 is 0 Å². The zero-order chi connectivity index (χ0) is 20.5. The first kappa shape index (κ1) is 20.9. The minimum Gasteiger partial charge on any atom is -0.493 e. The molecule has 0 bridgehead atoms. The SMILES string of the molecule is CCN(CC(=O)Nc1ccccc1)Cc1ccc(OCc2cccs2)c(OC)c1. The molecule has 0 radical (unpaired) electrons. The van der Waals surface area contributed by atoms with Gasteiger partial charge in [-0.05, 0) is 47.8 Å². The molecule has 1 amide bonds. The largest absolute Gasteiger partial charge is 0.493 e. The van der Waals surface area contributed by atoms with Crippen molar-refractivity contribution in [2.75, 3.05) is 25.5 Å². The van der Waals surface area contributed by atoms with Crippen molar-refractivity contribution in [3.05, 3.63) is 76.5 Å². The number of amides is 1. The molecule has 3 aromatic rings. The molecule has 0 saturated heterocycles. The summed E-state index contributed by atoms with van der Waals surface area (Å²) in [6.45, 7) is 4.31. The molecule has 0 unspecified atom stereocenters. The molecule has 0 aliphatic rings. The lowest BCUT2D eigenvalue weighted by molar-refractivity contribution is -0.117. The Balaban J connectivity index is 1.59. The van der Waals surface area contributed by atoms with Gasteiger partial charge in [-0.2, -0.15) is 0 Å². The van der Waals surface area contributed by atoms with Gasteiger partial charge in [0, 0.05) is 17.1 Å². The fourth-order valence-corrected chi connectivity index (χ4v) is 3.55. The molecular weight excluding hydrogens is 384 g/mol. The van der Waals surface area contributed by atoms with Crippen LogP contribution in [0.5, 0.6) is 11.5 Å². The molecule has 2 aromatic carbocycles. The molecule has 0 aliphatic heterocycles. The second-order valence-corrected chi connectivity index (χ2v) is 7.60. The lowest BCUT2D eigenvalue weighted by Gasteiger charge is -2.21. The Bertz CT molecular complexity index is 898. The Kier molecular flexibility index (Phi) is 7.67. The van der Waals surface area contributed by atoms with Crippen molar-refractivity contribution in [3.63, 3.8) is 0 Å². The van der Waals surface area contributed by atoms with E-state index in [9.17, 15) is 4.79 Å². The van der Waals surface area contributed by atoms with E-state index in [2.05, 4.69) is 10.2 Å². The van der Waals surface area contributed by atoms with E-state index in [1.807, 2.05) is 73.0 Å². The van der Waals surface area contributed by atoms with Crippen LogP contribution in [0.15, 0.2) is 66.0 Å². The third-order valence-electron chi connectivity index (χ3n) is 4.46. The Morgan fingerprint density at radius 3 is 2.59 bits per heavy atom. The normalized spacial score (nSPS) is 10.7. The van der Waals surface area contributed by atoms with Crippen molar-refractivity contribution in [3.8, 4) is 11.5 Å². The fourth-order valence-electron chi connectivity index (χ4n) is 2.94. The van der Waals surface area contributed by atoms with Crippen LogP contribution in [0, 0.1) is 0 Å². The standard InChI is InChI=1S/C23H26N2O3S/c1-3-25(16-23(26)24-19-8-5-4-6-9-19)15-18-11-12-21(22(14-18)27-2)28-17-20-10-7-13-29-20/h4-14H,3,15-17H2,1-2H3,(H,24,26). The van der Waals surface area contributed by atoms with E-state index in [0.717, 1.165) is 28.4 Å². The lowest BCUT2D eigenvalue weighted by atomic mass is 10.2. The summed E-state index contributed by atoms with van der Waals surface area (Å²) in [7, 11) is 1.64. The van der Waals surface area contributed by atoms with E-state index < -0.39 is 0 Å². The molecule has 152 valence electrons. The number of ether oxygens (including phenoxy) is 2. The number of para-hydroxylation sites is 1. The van der Waals surface area contributed by atoms with Crippen LogP contribution in [0.3, 0.4) is 0 Å². The molecule has 0 spiro atoms. The van der Waals surface area contributed by atoms with E-state index in [1.165, 1.54) is 0 Å². The summed E-state index contributed by atoms with van der Waals surface area (Å²) in [5.74, 6) is 1.39. The van der Waals surface area contributed by atoms with E-state index in [4.69, 9.17) is 9.47 Å². The number of carbonyl (C=O) groups is 1. The second kappa shape index (κ2) is 10.6. The van der Waals surface area contributed by atoms with Crippen LogP contribution in [0.4, 0.5) is 5.69 Å². The minimum absolute atomic E-state index is 0.0269. The highest BCUT2D eigenvalue weighted by atomic mass is 32.1. The summed E-state index contributed by atoms with van der Waals surface area (Å²) in [6, 6.07) is 19.5. The Morgan fingerprint density at radius 2 is 1.90 bits per heavy atom. The predicted molar refractivity (Wildman–Crippen MR) is 118 cm³/mol. The van der Waals surface area contributed by atoms with Gasteiger partial charge in [0.2, 0.25) is 5.91 Å². The van der Waals surface area contributed by atoms with Crippen LogP contribution in [0.2, 0.25) is 0 Å². The van der Waals surface area contributed by atoms with Crippen molar-refractivity contribution in [2.45, 2.75) is 20.1 Å². The van der Waals surface area contributed by atoms with Crippen LogP contribution < -0.4 is 14.8 Å². The van der Waals surface area contributed by atoms with E-state index in [-0.39, 0.29) is 5.91 Å². The quantitative estimate of drug-likeness (QED) is 0.522. The van der Waals surface area contributed by atoms with Gasteiger partial charge >= 0.3 is 0 Å². The van der Waals surface area contributed by atoms with Gasteiger partial charge in [0.1, 0.15) is 6.61 Å². The maximum atomic E-state index is 12.4. The number of nitrogens with one attached hydrogen (secondary N) is 1. The van der Waals surface area contributed by atoms with Crippen LogP contribution in [0.25, 0.3) is 0 Å². The third kappa shape index (κ3) is 6.34. The topological polar surface area (TPSA) is 50.8 Å². The molecule has 0 saturated carbocycles. The lowest BCUT2D eigenvalue weighted by Crippen LogP contribution is -2.32. The molecule has 0 atom stereocenters. The molecule has 29 heavy (non-hydrogen) atoms. The predicted octanol–water partition coefficient (Wildman–Crippen LogP) is 4.80. The Labute approximate surface area is 175 Å². The maximum Gasteiger partial charge on any atom is 0.238 e. The van der Waals surface area contributed by atoms with Crippen molar-refractivity contribution in [1.82, 2.24) is 4.90 Å². The van der Waals surface area contributed by atoms with Gasteiger partial charge in [-0.1, -0.05) is 37.3 Å². The molecule has 1 N–H and O–H groups in total. The molecule has 5 nitrogen and oxygen atoms in total. The zero-order valence-corrected chi connectivity index (χ0v) is 17.6. The van der Waals surface area contributed by atoms with Crippen molar-refractivity contribution in [1.29, 1.82) is 0 Å². The monoisotopic (exact) mass is 410 g/mol. The highest BCUT2D eigenvalue weighted by Crippen LogP contribution is 2.29. The summed E-state index contributed by atoms with van der Waals surface area (Å²) >= 11 is 1.67. The summed E-state index contributed by atoms with van der Waals surface area (Å²) in [4.78, 5) is 15.6. The zero-order valence-electron chi connectivity index (χ0n) is 16.8. The maximum absolute atomic E-state index is 12.4. The van der Waals surface area contributed by atoms with Crippen LogP contribution >= 0.6 is 11.3 Å². The second-order valence-electron chi connectivity index (χ2n) is 6.57. The van der Waals surface area contributed by atoms with E-state index in [1.54, 1.807) is 18.4 Å². The van der Waals surface area contributed by atoms with Crippen molar-refractivity contribution in [2.24, 2.45) is 0 Å². The average molecular weight is 411 g/mol. The summed E-state index contributed by atoms with van der Waals surface area (Å²) in [5, 5.41) is 4.96.